The molecular weight excluding hydrogens is 659 g/mol. The number of benzene rings is 1. The SMILES string of the molecule is CC(C)(C)OC(=O)n1nc(-c2cc3ccc(O[Si](C)(C)C(C)(C)C)cc3n2C(=O)OC(C)(C)C)c2sc(CO[Si](C)(C)C(C)(C)C)cc21. The van der Waals surface area contributed by atoms with Crippen LogP contribution in [0, 0.1) is 0 Å². The first-order valence-corrected chi connectivity index (χ1v) is 23.2. The van der Waals surface area contributed by atoms with E-state index >= 15 is 0 Å². The standard InChI is InChI=1S/C36H55N3O6SSi2/c1-33(2,3)43-31(40)38-26-20-24(45-48(15,16)36(10,11)12)18-17-23(26)19-27(38)29-30-28(39(37-29)32(41)44-34(4,5)6)21-25(46-30)22-42-47(13,14)35(7,8)9/h17-21H,22H2,1-16H3. The molecule has 3 heterocycles. The molecule has 264 valence electrons. The van der Waals surface area contributed by atoms with E-state index in [1.54, 1.807) is 4.57 Å². The highest BCUT2D eigenvalue weighted by Gasteiger charge is 2.40. The van der Waals surface area contributed by atoms with Crippen molar-refractivity contribution in [1.82, 2.24) is 14.3 Å². The second kappa shape index (κ2) is 12.4. The third kappa shape index (κ3) is 8.09. The van der Waals surface area contributed by atoms with Gasteiger partial charge >= 0.3 is 12.2 Å². The largest absolute Gasteiger partial charge is 0.543 e. The van der Waals surface area contributed by atoms with E-state index in [0.29, 0.717) is 34.8 Å². The first kappa shape index (κ1) is 37.9. The molecule has 0 fully saturated rings. The first-order valence-electron chi connectivity index (χ1n) is 16.6. The molecule has 4 aromatic rings. The third-order valence-corrected chi connectivity index (χ3v) is 19.1. The summed E-state index contributed by atoms with van der Waals surface area (Å²) >= 11 is 1.51. The molecule has 1 aromatic carbocycles. The maximum Gasteiger partial charge on any atom is 0.435 e. The molecule has 0 aliphatic carbocycles. The van der Waals surface area contributed by atoms with Crippen LogP contribution in [0.25, 0.3) is 32.5 Å². The van der Waals surface area contributed by atoms with Gasteiger partial charge in [-0.2, -0.15) is 9.78 Å². The van der Waals surface area contributed by atoms with E-state index in [1.807, 2.05) is 71.9 Å². The predicted molar refractivity (Wildman–Crippen MR) is 202 cm³/mol. The topological polar surface area (TPSA) is 93.8 Å². The van der Waals surface area contributed by atoms with E-state index in [4.69, 9.17) is 23.4 Å². The van der Waals surface area contributed by atoms with Crippen molar-refractivity contribution in [3.8, 4) is 17.1 Å². The summed E-state index contributed by atoms with van der Waals surface area (Å²) in [7, 11) is -4.22. The van der Waals surface area contributed by atoms with Crippen molar-refractivity contribution in [2.75, 3.05) is 0 Å². The van der Waals surface area contributed by atoms with E-state index in [9.17, 15) is 9.59 Å². The smallest absolute Gasteiger partial charge is 0.435 e. The number of thiophene rings is 1. The van der Waals surface area contributed by atoms with Crippen molar-refractivity contribution in [2.24, 2.45) is 0 Å². The second-order valence-corrected chi connectivity index (χ2v) is 28.3. The number of hydrogen-bond acceptors (Lipinski definition) is 8. The van der Waals surface area contributed by atoms with Crippen LogP contribution in [-0.4, -0.2) is 54.4 Å². The van der Waals surface area contributed by atoms with Gasteiger partial charge in [-0.3, -0.25) is 0 Å². The number of carbonyl (C=O) groups is 2. The summed E-state index contributed by atoms with van der Waals surface area (Å²) in [5.74, 6) is 0.689. The molecule has 0 spiro atoms. The van der Waals surface area contributed by atoms with Gasteiger partial charge in [0.1, 0.15) is 22.6 Å². The average Bonchev–Trinajstić information content (AvgIpc) is 3.55. The Bertz CT molecular complexity index is 1840. The molecule has 0 amide bonds. The van der Waals surface area contributed by atoms with E-state index in [1.165, 1.54) is 16.0 Å². The fraction of sp³-hybridized carbons (Fsp3) is 0.583. The van der Waals surface area contributed by atoms with E-state index in [0.717, 1.165) is 15.0 Å². The highest BCUT2D eigenvalue weighted by Crippen LogP contribution is 2.42. The number of rotatable bonds is 6. The molecule has 12 heteroatoms. The Morgan fingerprint density at radius 1 is 0.750 bits per heavy atom. The predicted octanol–water partition coefficient (Wildman–Crippen LogP) is 11.2. The lowest BCUT2D eigenvalue weighted by molar-refractivity contribution is 0.0520. The van der Waals surface area contributed by atoms with Gasteiger partial charge in [-0.15, -0.1) is 11.3 Å². The van der Waals surface area contributed by atoms with E-state index < -0.39 is 40.0 Å². The molecular formula is C36H55N3O6SSi2. The van der Waals surface area contributed by atoms with Gasteiger partial charge in [0.25, 0.3) is 0 Å². The molecule has 0 saturated heterocycles. The molecule has 0 aliphatic heterocycles. The Kier molecular flexibility index (Phi) is 9.81. The molecule has 0 saturated carbocycles. The summed E-state index contributed by atoms with van der Waals surface area (Å²) in [6.07, 6.45) is -1.15. The minimum absolute atomic E-state index is 0.00838. The zero-order valence-electron chi connectivity index (χ0n) is 31.8. The van der Waals surface area contributed by atoms with Gasteiger partial charge in [-0.05, 0) is 102 Å². The fourth-order valence-electron chi connectivity index (χ4n) is 4.48. The lowest BCUT2D eigenvalue weighted by Crippen LogP contribution is -2.43. The van der Waals surface area contributed by atoms with Crippen molar-refractivity contribution in [1.29, 1.82) is 0 Å². The number of nitrogens with zero attached hydrogens (tertiary/aromatic N) is 3. The van der Waals surface area contributed by atoms with Gasteiger partial charge in [0.05, 0.1) is 28.0 Å². The van der Waals surface area contributed by atoms with Crippen LogP contribution in [0.4, 0.5) is 9.59 Å². The van der Waals surface area contributed by atoms with Crippen LogP contribution in [0.5, 0.6) is 5.75 Å². The van der Waals surface area contributed by atoms with Crippen molar-refractivity contribution in [3.05, 3.63) is 35.2 Å². The Balaban J connectivity index is 1.95. The Morgan fingerprint density at radius 3 is 1.85 bits per heavy atom. The second-order valence-electron chi connectivity index (χ2n) is 17.6. The molecule has 48 heavy (non-hydrogen) atoms. The van der Waals surface area contributed by atoms with Crippen molar-refractivity contribution in [2.45, 2.75) is 137 Å². The molecule has 0 atom stereocenters. The highest BCUT2D eigenvalue weighted by molar-refractivity contribution is 7.19. The summed E-state index contributed by atoms with van der Waals surface area (Å²) in [5.41, 5.74) is 0.742. The fourth-order valence-corrected chi connectivity index (χ4v) is 7.60. The van der Waals surface area contributed by atoms with Gasteiger partial charge in [0.2, 0.25) is 8.32 Å². The number of carbonyl (C=O) groups excluding carboxylic acids is 2. The molecule has 9 nitrogen and oxygen atoms in total. The van der Waals surface area contributed by atoms with E-state index in [2.05, 4.69) is 67.7 Å². The van der Waals surface area contributed by atoms with E-state index in [-0.39, 0.29) is 10.1 Å². The van der Waals surface area contributed by atoms with Crippen LogP contribution in [0.15, 0.2) is 30.3 Å². The number of ether oxygens (including phenoxy) is 2. The molecule has 3 aromatic heterocycles. The van der Waals surface area contributed by atoms with Crippen molar-refractivity contribution < 1.29 is 27.9 Å². The summed E-state index contributed by atoms with van der Waals surface area (Å²) in [5, 5.41) is 5.66. The minimum atomic E-state index is -2.17. The van der Waals surface area contributed by atoms with Crippen LogP contribution in [0.2, 0.25) is 36.3 Å². The lowest BCUT2D eigenvalue weighted by Gasteiger charge is -2.36. The van der Waals surface area contributed by atoms with Gasteiger partial charge in [0, 0.05) is 16.3 Å². The van der Waals surface area contributed by atoms with Crippen LogP contribution in [0.3, 0.4) is 0 Å². The number of fused-ring (bicyclic) bond motifs is 2. The van der Waals surface area contributed by atoms with Crippen LogP contribution in [-0.2, 0) is 20.5 Å². The average molecular weight is 714 g/mol. The van der Waals surface area contributed by atoms with Gasteiger partial charge in [-0.25, -0.2) is 14.2 Å². The number of aromatic nitrogens is 3. The molecule has 0 radical (unpaired) electrons. The summed E-state index contributed by atoms with van der Waals surface area (Å²) in [4.78, 5) is 28.5. The normalized spacial score (nSPS) is 13.8. The maximum absolute atomic E-state index is 14.0. The summed E-state index contributed by atoms with van der Waals surface area (Å²) in [6, 6.07) is 9.67. The Morgan fingerprint density at radius 2 is 1.31 bits per heavy atom. The summed E-state index contributed by atoms with van der Waals surface area (Å²) in [6.45, 7) is 33.4. The molecule has 0 N–H and O–H groups in total. The van der Waals surface area contributed by atoms with Crippen LogP contribution in [0.1, 0.15) is 88.0 Å². The molecule has 4 rings (SSSR count). The molecule has 0 bridgehead atoms. The maximum atomic E-state index is 14.0. The van der Waals surface area contributed by atoms with Gasteiger partial charge < -0.3 is 18.3 Å². The lowest BCUT2D eigenvalue weighted by atomic mass is 10.2. The first-order chi connectivity index (χ1) is 21.6. The third-order valence-electron chi connectivity index (χ3n) is 9.13. The Labute approximate surface area is 292 Å². The van der Waals surface area contributed by atoms with Gasteiger partial charge in [-0.1, -0.05) is 41.5 Å². The molecule has 0 aliphatic rings. The zero-order valence-corrected chi connectivity index (χ0v) is 34.6. The molecule has 0 unspecified atom stereocenters. The van der Waals surface area contributed by atoms with Crippen molar-refractivity contribution in [3.63, 3.8) is 0 Å². The highest BCUT2D eigenvalue weighted by atomic mass is 32.1. The van der Waals surface area contributed by atoms with Crippen molar-refractivity contribution >= 4 is 61.3 Å². The zero-order chi connectivity index (χ0) is 36.4. The van der Waals surface area contributed by atoms with Crippen LogP contribution >= 0.6 is 11.3 Å². The summed E-state index contributed by atoms with van der Waals surface area (Å²) < 4.78 is 28.5. The monoisotopic (exact) mass is 713 g/mol. The van der Waals surface area contributed by atoms with Gasteiger partial charge in [0.15, 0.2) is 8.32 Å². The minimum Gasteiger partial charge on any atom is -0.543 e. The van der Waals surface area contributed by atoms with Crippen LogP contribution < -0.4 is 4.43 Å². The quantitative estimate of drug-likeness (QED) is 0.184. The Hall–Kier alpha value is -2.94. The number of hydrogen-bond donors (Lipinski definition) is 0.